The van der Waals surface area contributed by atoms with Crippen LogP contribution in [0.25, 0.3) is 0 Å². The van der Waals surface area contributed by atoms with Crippen LogP contribution in [-0.4, -0.2) is 36.1 Å². The molecule has 5 heteroatoms. The zero-order valence-corrected chi connectivity index (χ0v) is 14.2. The van der Waals surface area contributed by atoms with E-state index in [0.717, 1.165) is 13.1 Å². The molecule has 1 amide bonds. The molecule has 2 aliphatic heterocycles. The van der Waals surface area contributed by atoms with Crippen molar-refractivity contribution in [2.24, 2.45) is 0 Å². The average molecular weight is 455 g/mol. The van der Waals surface area contributed by atoms with E-state index in [1.54, 1.807) is 8.99 Å². The maximum absolute atomic E-state index is 12.1. The monoisotopic (exact) mass is 457 g/mol. The van der Waals surface area contributed by atoms with E-state index in [9.17, 15) is 4.79 Å². The van der Waals surface area contributed by atoms with Gasteiger partial charge in [0.1, 0.15) is 0 Å². The van der Waals surface area contributed by atoms with E-state index in [-0.39, 0.29) is 0 Å². The topological polar surface area (TPSA) is 20.3 Å². The Morgan fingerprint density at radius 3 is 2.27 bits per heavy atom. The van der Waals surface area contributed by atoms with Crippen LogP contribution in [0.15, 0.2) is 0 Å². The van der Waals surface area contributed by atoms with Crippen LogP contribution in [0.4, 0.5) is 4.79 Å². The summed E-state index contributed by atoms with van der Waals surface area (Å²) in [6.07, 6.45) is 6.50. The third-order valence-corrected chi connectivity index (χ3v) is 24.4. The van der Waals surface area contributed by atoms with E-state index < -0.39 is 12.9 Å². The minimum absolute atomic E-state index is 0.409. The standard InChI is InChI=1S/C10H18INOSTe/c11-15(8-4-5-9-15)14-10(13)12-6-2-1-3-7-12/h1-9H2. The summed E-state index contributed by atoms with van der Waals surface area (Å²) in [5.74, 6) is 0. The molecule has 2 rings (SSSR count). The molecule has 0 atom stereocenters. The second-order valence-electron chi connectivity index (χ2n) is 4.23. The van der Waals surface area contributed by atoms with Gasteiger partial charge in [-0.3, -0.25) is 0 Å². The number of amides is 1. The number of piperidine rings is 1. The molecule has 88 valence electrons. The first-order valence-corrected chi connectivity index (χ1v) is 19.3. The van der Waals surface area contributed by atoms with Gasteiger partial charge in [0.2, 0.25) is 0 Å². The molecule has 0 aromatic carbocycles. The Labute approximate surface area is 108 Å². The third kappa shape index (κ3) is 3.65. The van der Waals surface area contributed by atoms with Crippen molar-refractivity contribution in [1.82, 2.24) is 4.90 Å². The van der Waals surface area contributed by atoms with Crippen LogP contribution in [-0.2, 0) is 0 Å². The molecule has 0 aromatic heterocycles. The Kier molecular flexibility index (Phi) is 4.94. The van der Waals surface area contributed by atoms with Crippen LogP contribution >= 0.6 is 27.7 Å². The van der Waals surface area contributed by atoms with Gasteiger partial charge in [-0.2, -0.15) is 0 Å². The van der Waals surface area contributed by atoms with Crippen LogP contribution in [0.3, 0.4) is 0 Å². The van der Waals surface area contributed by atoms with Gasteiger partial charge >= 0.3 is 110 Å². The first-order valence-electron chi connectivity index (χ1n) is 5.66. The van der Waals surface area contributed by atoms with E-state index in [1.165, 1.54) is 41.0 Å². The normalized spacial score (nSPS) is 27.7. The molecular formula is C10H18INOSTe. The Bertz CT molecular complexity index is 240. The number of hydrogen-bond acceptors (Lipinski definition) is 2. The van der Waals surface area contributed by atoms with E-state index >= 15 is 0 Å². The summed E-state index contributed by atoms with van der Waals surface area (Å²) in [5, 5.41) is 0.409. The van der Waals surface area contributed by atoms with Gasteiger partial charge in [-0.1, -0.05) is 0 Å². The molecule has 0 aliphatic carbocycles. The Morgan fingerprint density at radius 2 is 1.67 bits per heavy atom. The van der Waals surface area contributed by atoms with Crippen molar-refractivity contribution in [1.29, 1.82) is 0 Å². The number of carbonyl (C=O) groups is 1. The van der Waals surface area contributed by atoms with Crippen molar-refractivity contribution in [2.45, 2.75) is 41.0 Å². The molecule has 2 fully saturated rings. The zero-order valence-electron chi connectivity index (χ0n) is 8.91. The van der Waals surface area contributed by atoms with Gasteiger partial charge in [0, 0.05) is 0 Å². The summed E-state index contributed by atoms with van der Waals surface area (Å²) in [5.41, 5.74) is 0. The molecule has 0 unspecified atom stereocenters. The number of likely N-dealkylation sites (tertiary alicyclic amines) is 1. The van der Waals surface area contributed by atoms with Gasteiger partial charge in [-0.05, 0) is 0 Å². The van der Waals surface area contributed by atoms with Crippen LogP contribution < -0.4 is 0 Å². The number of halogens is 1. The van der Waals surface area contributed by atoms with Crippen LogP contribution in [0.5, 0.6) is 0 Å². The van der Waals surface area contributed by atoms with E-state index in [1.807, 2.05) is 0 Å². The van der Waals surface area contributed by atoms with Crippen molar-refractivity contribution in [3.63, 3.8) is 0 Å². The summed E-state index contributed by atoms with van der Waals surface area (Å²) >= 11 is 0.910. The van der Waals surface area contributed by atoms with Crippen LogP contribution in [0.1, 0.15) is 32.1 Å². The molecule has 0 saturated carbocycles. The Hall–Kier alpha value is 1.34. The second-order valence-corrected chi connectivity index (χ2v) is 32.2. The summed E-state index contributed by atoms with van der Waals surface area (Å²) < 4.78 is 2.79. The van der Waals surface area contributed by atoms with Gasteiger partial charge in [0.05, 0.1) is 0 Å². The molecule has 2 aliphatic rings. The van der Waals surface area contributed by atoms with Crippen LogP contribution in [0, 0.1) is 0 Å². The Morgan fingerprint density at radius 1 is 1.07 bits per heavy atom. The summed E-state index contributed by atoms with van der Waals surface area (Å²) in [6.45, 7) is 2.03. The number of nitrogens with zero attached hydrogens (tertiary/aromatic N) is 1. The van der Waals surface area contributed by atoms with Crippen molar-refractivity contribution in [2.75, 3.05) is 13.1 Å². The van der Waals surface area contributed by atoms with Gasteiger partial charge in [0.25, 0.3) is 0 Å². The molecule has 2 saturated heterocycles. The fraction of sp³-hybridized carbons (Fsp3) is 0.900. The number of carbonyl (C=O) groups excluding carboxylic acids is 1. The maximum atomic E-state index is 12.1. The van der Waals surface area contributed by atoms with E-state index in [2.05, 4.69) is 23.6 Å². The second kappa shape index (κ2) is 5.79. The minimum atomic E-state index is -1.77. The van der Waals surface area contributed by atoms with Gasteiger partial charge in [-0.15, -0.1) is 0 Å². The zero-order chi connectivity index (χ0) is 10.7. The third-order valence-electron chi connectivity index (χ3n) is 2.98. The summed E-state index contributed by atoms with van der Waals surface area (Å²) in [7, 11) is 1.78. The SMILES string of the molecule is O=C(S[Te]1(I)CCCC1)N1CCCCC1. The molecule has 0 radical (unpaired) electrons. The fourth-order valence-corrected chi connectivity index (χ4v) is 20.4. The first-order chi connectivity index (χ1) is 7.20. The molecule has 15 heavy (non-hydrogen) atoms. The van der Waals surface area contributed by atoms with Gasteiger partial charge < -0.3 is 0 Å². The van der Waals surface area contributed by atoms with Gasteiger partial charge in [0.15, 0.2) is 0 Å². The Balaban J connectivity index is 1.85. The molecule has 0 bridgehead atoms. The predicted molar refractivity (Wildman–Crippen MR) is 77.0 cm³/mol. The molecule has 2 heterocycles. The van der Waals surface area contributed by atoms with Gasteiger partial charge in [-0.25, -0.2) is 0 Å². The van der Waals surface area contributed by atoms with Crippen LogP contribution in [0.2, 0.25) is 8.94 Å². The molecule has 0 spiro atoms. The molecule has 2 nitrogen and oxygen atoms in total. The quantitative estimate of drug-likeness (QED) is 0.441. The van der Waals surface area contributed by atoms with E-state index in [4.69, 9.17) is 0 Å². The predicted octanol–water partition coefficient (Wildman–Crippen LogP) is 4.00. The average Bonchev–Trinajstić information content (AvgIpc) is 2.66. The molecular weight excluding hydrogens is 437 g/mol. The summed E-state index contributed by atoms with van der Waals surface area (Å²) in [6, 6.07) is 0. The fourth-order valence-electron chi connectivity index (χ4n) is 2.08. The number of hydrogen-bond donors (Lipinski definition) is 0. The van der Waals surface area contributed by atoms with Crippen molar-refractivity contribution in [3.8, 4) is 0 Å². The number of rotatable bonds is 1. The van der Waals surface area contributed by atoms with Crippen molar-refractivity contribution < 1.29 is 4.79 Å². The van der Waals surface area contributed by atoms with Crippen molar-refractivity contribution >= 4 is 45.8 Å². The first kappa shape index (κ1) is 12.8. The van der Waals surface area contributed by atoms with E-state index in [0.29, 0.717) is 5.24 Å². The molecule has 0 aromatic rings. The summed E-state index contributed by atoms with van der Waals surface area (Å²) in [4.78, 5) is 14.2. The van der Waals surface area contributed by atoms with Crippen molar-refractivity contribution in [3.05, 3.63) is 0 Å². The molecule has 0 N–H and O–H groups in total.